The molecule has 2 aromatic carbocycles. The van der Waals surface area contributed by atoms with Crippen molar-refractivity contribution in [2.24, 2.45) is 11.8 Å². The summed E-state index contributed by atoms with van der Waals surface area (Å²) in [6.07, 6.45) is 0.839. The molecule has 30 heavy (non-hydrogen) atoms. The highest BCUT2D eigenvalue weighted by molar-refractivity contribution is 5.87. The Hall–Kier alpha value is -3.15. The average molecular weight is 402 g/mol. The molecule has 0 saturated carbocycles. The minimum absolute atomic E-state index is 0.0504. The van der Waals surface area contributed by atoms with Crippen LogP contribution < -0.4 is 0 Å². The largest absolute Gasteiger partial charge is 0.342 e. The number of para-hydroxylation sites is 1. The minimum atomic E-state index is 0.0504. The maximum Gasteiger partial charge on any atom is 0.228 e. The Morgan fingerprint density at radius 2 is 1.77 bits per heavy atom. The lowest BCUT2D eigenvalue weighted by molar-refractivity contribution is -0.133. The molecule has 1 aromatic heterocycles. The summed E-state index contributed by atoms with van der Waals surface area (Å²) in [6.45, 7) is 4.06. The molecule has 0 unspecified atom stereocenters. The van der Waals surface area contributed by atoms with Gasteiger partial charge in [0.15, 0.2) is 0 Å². The van der Waals surface area contributed by atoms with Gasteiger partial charge in [-0.15, -0.1) is 0 Å². The molecule has 3 atom stereocenters. The zero-order valence-electron chi connectivity index (χ0n) is 17.1. The van der Waals surface area contributed by atoms with Crippen molar-refractivity contribution < 1.29 is 9.59 Å². The molecule has 3 heterocycles. The number of aromatic amines is 1. The quantitative estimate of drug-likeness (QED) is 0.729. The zero-order valence-corrected chi connectivity index (χ0v) is 17.1. The van der Waals surface area contributed by atoms with Crippen LogP contribution in [0.25, 0.3) is 10.9 Å². The molecule has 5 rings (SSSR count). The van der Waals surface area contributed by atoms with Crippen molar-refractivity contribution in [1.82, 2.24) is 20.0 Å². The van der Waals surface area contributed by atoms with Gasteiger partial charge in [0.05, 0.1) is 23.7 Å². The molecule has 6 nitrogen and oxygen atoms in total. The normalized spacial score (nSPS) is 23.2. The fourth-order valence-electron chi connectivity index (χ4n) is 5.20. The predicted octanol–water partition coefficient (Wildman–Crippen LogP) is 3.17. The van der Waals surface area contributed by atoms with Crippen molar-refractivity contribution in [2.45, 2.75) is 25.8 Å². The highest BCUT2D eigenvalue weighted by Crippen LogP contribution is 2.45. The minimum Gasteiger partial charge on any atom is -0.342 e. The molecule has 6 heteroatoms. The molecule has 2 aliphatic rings. The van der Waals surface area contributed by atoms with Crippen LogP contribution in [-0.4, -0.2) is 51.4 Å². The molecular weight excluding hydrogens is 376 g/mol. The van der Waals surface area contributed by atoms with E-state index < -0.39 is 0 Å². The van der Waals surface area contributed by atoms with Gasteiger partial charge >= 0.3 is 0 Å². The van der Waals surface area contributed by atoms with E-state index in [2.05, 4.69) is 22.3 Å². The summed E-state index contributed by atoms with van der Waals surface area (Å²) in [4.78, 5) is 29.7. The van der Waals surface area contributed by atoms with Gasteiger partial charge in [0.25, 0.3) is 0 Å². The summed E-state index contributed by atoms with van der Waals surface area (Å²) in [5.74, 6) is 0.928. The van der Waals surface area contributed by atoms with Gasteiger partial charge in [-0.25, -0.2) is 0 Å². The fraction of sp³-hybridized carbons (Fsp3) is 0.375. The zero-order chi connectivity index (χ0) is 20.7. The van der Waals surface area contributed by atoms with Crippen LogP contribution in [0.1, 0.15) is 30.6 Å². The summed E-state index contributed by atoms with van der Waals surface area (Å²) >= 11 is 0. The van der Waals surface area contributed by atoms with Crippen LogP contribution in [0.2, 0.25) is 0 Å². The second-order valence-corrected chi connectivity index (χ2v) is 8.37. The van der Waals surface area contributed by atoms with Gasteiger partial charge in [0, 0.05) is 43.3 Å². The molecule has 0 bridgehead atoms. The number of amides is 2. The molecule has 1 N–H and O–H groups in total. The second kappa shape index (κ2) is 7.59. The van der Waals surface area contributed by atoms with Crippen molar-refractivity contribution in [3.05, 3.63) is 65.9 Å². The molecule has 2 saturated heterocycles. The van der Waals surface area contributed by atoms with Gasteiger partial charge in [-0.1, -0.05) is 55.5 Å². The van der Waals surface area contributed by atoms with E-state index in [0.717, 1.165) is 23.1 Å². The Balaban J connectivity index is 1.35. The maximum atomic E-state index is 13.1. The van der Waals surface area contributed by atoms with Gasteiger partial charge < -0.3 is 9.80 Å². The molecule has 2 aliphatic heterocycles. The van der Waals surface area contributed by atoms with Gasteiger partial charge in [-0.2, -0.15) is 5.10 Å². The Labute approximate surface area is 175 Å². The number of likely N-dealkylation sites (tertiary alicyclic amines) is 2. The third kappa shape index (κ3) is 3.16. The smallest absolute Gasteiger partial charge is 0.228 e. The van der Waals surface area contributed by atoms with E-state index >= 15 is 0 Å². The van der Waals surface area contributed by atoms with E-state index in [1.807, 2.05) is 59.2 Å². The van der Waals surface area contributed by atoms with Crippen molar-refractivity contribution in [1.29, 1.82) is 0 Å². The van der Waals surface area contributed by atoms with E-state index in [-0.39, 0.29) is 23.8 Å². The van der Waals surface area contributed by atoms with E-state index in [4.69, 9.17) is 0 Å². The molecule has 2 fully saturated rings. The number of hydrogen-bond donors (Lipinski definition) is 1. The lowest BCUT2D eigenvalue weighted by Gasteiger charge is -2.30. The fourth-order valence-corrected chi connectivity index (χ4v) is 5.20. The topological polar surface area (TPSA) is 69.3 Å². The number of benzene rings is 2. The highest BCUT2D eigenvalue weighted by atomic mass is 16.2. The first-order chi connectivity index (χ1) is 14.7. The summed E-state index contributed by atoms with van der Waals surface area (Å²) in [7, 11) is 0. The van der Waals surface area contributed by atoms with E-state index in [1.54, 1.807) is 0 Å². The molecule has 0 spiro atoms. The number of H-pyrrole nitrogens is 1. The number of fused-ring (bicyclic) bond motifs is 2. The lowest BCUT2D eigenvalue weighted by atomic mass is 9.89. The van der Waals surface area contributed by atoms with Crippen molar-refractivity contribution in [2.75, 3.05) is 19.6 Å². The van der Waals surface area contributed by atoms with E-state index in [9.17, 15) is 9.59 Å². The van der Waals surface area contributed by atoms with Crippen molar-refractivity contribution in [3.63, 3.8) is 0 Å². The SMILES string of the molecule is CCC(=O)N1C[C@@H]2CN(C(=O)Cc3[nH]nc4ccccc34)C[C@@H]2[C@@H]1c1ccccc1. The Morgan fingerprint density at radius 3 is 2.57 bits per heavy atom. The van der Waals surface area contributed by atoms with Crippen LogP contribution in [0.3, 0.4) is 0 Å². The monoisotopic (exact) mass is 402 g/mol. The summed E-state index contributed by atoms with van der Waals surface area (Å²) in [5, 5.41) is 8.35. The predicted molar refractivity (Wildman–Crippen MR) is 115 cm³/mol. The number of carbonyl (C=O) groups excluding carboxylic acids is 2. The molecule has 0 radical (unpaired) electrons. The number of carbonyl (C=O) groups is 2. The summed E-state index contributed by atoms with van der Waals surface area (Å²) in [6, 6.07) is 18.2. The molecule has 154 valence electrons. The Bertz CT molecular complexity index is 1080. The van der Waals surface area contributed by atoms with Crippen LogP contribution in [-0.2, 0) is 16.0 Å². The van der Waals surface area contributed by atoms with Crippen molar-refractivity contribution >= 4 is 22.7 Å². The number of nitrogens with zero attached hydrogens (tertiary/aromatic N) is 3. The second-order valence-electron chi connectivity index (χ2n) is 8.37. The summed E-state index contributed by atoms with van der Waals surface area (Å²) in [5.41, 5.74) is 2.92. The first kappa shape index (κ1) is 18.9. The van der Waals surface area contributed by atoms with Crippen LogP contribution >= 0.6 is 0 Å². The van der Waals surface area contributed by atoms with Crippen LogP contribution in [0, 0.1) is 11.8 Å². The molecule has 3 aromatic rings. The summed E-state index contributed by atoms with van der Waals surface area (Å²) < 4.78 is 0. The van der Waals surface area contributed by atoms with Gasteiger partial charge in [-0.3, -0.25) is 14.7 Å². The number of nitrogens with one attached hydrogen (secondary N) is 1. The number of aromatic nitrogens is 2. The van der Waals surface area contributed by atoms with Gasteiger partial charge in [-0.05, 0) is 11.6 Å². The average Bonchev–Trinajstić information content (AvgIpc) is 3.46. The maximum absolute atomic E-state index is 13.1. The highest BCUT2D eigenvalue weighted by Gasteiger charge is 2.49. The molecule has 2 amide bonds. The standard InChI is InChI=1S/C24H26N4O2/c1-2-22(29)28-14-17-13-27(15-19(17)24(28)16-8-4-3-5-9-16)23(30)12-21-18-10-6-7-11-20(18)25-26-21/h3-11,17,19,24H,2,12-15H2,1H3,(H,25,26)/t17-,19-,24-/m0/s1. The third-order valence-electron chi connectivity index (χ3n) is 6.65. The van der Waals surface area contributed by atoms with Crippen LogP contribution in [0.5, 0.6) is 0 Å². The number of rotatable bonds is 4. The van der Waals surface area contributed by atoms with Gasteiger partial charge in [0.2, 0.25) is 11.8 Å². The Morgan fingerprint density at radius 1 is 1.00 bits per heavy atom. The lowest BCUT2D eigenvalue weighted by Crippen LogP contribution is -2.37. The van der Waals surface area contributed by atoms with Crippen LogP contribution in [0.15, 0.2) is 54.6 Å². The molecule has 0 aliphatic carbocycles. The first-order valence-corrected chi connectivity index (χ1v) is 10.7. The van der Waals surface area contributed by atoms with Crippen molar-refractivity contribution in [3.8, 4) is 0 Å². The first-order valence-electron chi connectivity index (χ1n) is 10.7. The van der Waals surface area contributed by atoms with Gasteiger partial charge in [0.1, 0.15) is 0 Å². The number of hydrogen-bond acceptors (Lipinski definition) is 3. The van der Waals surface area contributed by atoms with Crippen LogP contribution in [0.4, 0.5) is 0 Å². The van der Waals surface area contributed by atoms with E-state index in [0.29, 0.717) is 31.8 Å². The Kier molecular flexibility index (Phi) is 4.77. The van der Waals surface area contributed by atoms with E-state index in [1.165, 1.54) is 5.56 Å². The third-order valence-corrected chi connectivity index (χ3v) is 6.65. The molecular formula is C24H26N4O2.